The normalized spacial score (nSPS) is 11.1. The number of pyridine rings is 1. The average molecular weight is 366 g/mol. The molecular formula is C20H18N2O3S. The van der Waals surface area contributed by atoms with E-state index in [-0.39, 0.29) is 23.5 Å². The zero-order chi connectivity index (χ0) is 18.4. The maximum atomic E-state index is 12.3. The van der Waals surface area contributed by atoms with E-state index in [0.29, 0.717) is 5.69 Å². The number of hydrogen-bond acceptors (Lipinski definition) is 4. The number of nitrogens with one attached hydrogen (secondary N) is 1. The number of carbonyl (C=O) groups is 1. The number of sulfonamides is 1. The highest BCUT2D eigenvalue weighted by Crippen LogP contribution is 2.17. The Morgan fingerprint density at radius 3 is 2.19 bits per heavy atom. The van der Waals surface area contributed by atoms with E-state index in [2.05, 4.69) is 9.71 Å². The van der Waals surface area contributed by atoms with Crippen LogP contribution in [-0.4, -0.2) is 19.2 Å². The Morgan fingerprint density at radius 1 is 0.846 bits per heavy atom. The van der Waals surface area contributed by atoms with E-state index in [9.17, 15) is 13.2 Å². The molecule has 3 rings (SSSR count). The van der Waals surface area contributed by atoms with Crippen molar-refractivity contribution in [3.8, 4) is 0 Å². The van der Waals surface area contributed by atoms with Crippen molar-refractivity contribution in [1.29, 1.82) is 0 Å². The molecule has 0 saturated heterocycles. The predicted octanol–water partition coefficient (Wildman–Crippen LogP) is 3.24. The highest BCUT2D eigenvalue weighted by Gasteiger charge is 2.13. The molecule has 0 bridgehead atoms. The topological polar surface area (TPSA) is 76.1 Å². The third-order valence-electron chi connectivity index (χ3n) is 3.77. The zero-order valence-corrected chi connectivity index (χ0v) is 14.8. The summed E-state index contributed by atoms with van der Waals surface area (Å²) in [5, 5.41) is 0. The first-order chi connectivity index (χ1) is 12.5. The molecule has 1 N–H and O–H groups in total. The van der Waals surface area contributed by atoms with Crippen LogP contribution in [0.3, 0.4) is 0 Å². The fraction of sp³-hybridized carbons (Fsp3) is 0.100. The van der Waals surface area contributed by atoms with Crippen LogP contribution in [-0.2, 0) is 27.7 Å². The van der Waals surface area contributed by atoms with Crippen molar-refractivity contribution in [2.45, 2.75) is 17.7 Å². The van der Waals surface area contributed by atoms with Crippen molar-refractivity contribution in [3.63, 3.8) is 0 Å². The molecule has 1 heterocycles. The number of Topliss-reactive ketones (excluding diaryl/α,β-unsaturated/α-hetero) is 1. The van der Waals surface area contributed by atoms with Crippen molar-refractivity contribution < 1.29 is 13.2 Å². The number of aromatic nitrogens is 1. The second kappa shape index (κ2) is 7.93. The van der Waals surface area contributed by atoms with Crippen LogP contribution in [0.15, 0.2) is 83.9 Å². The predicted molar refractivity (Wildman–Crippen MR) is 100 cm³/mol. The van der Waals surface area contributed by atoms with Crippen LogP contribution in [0.1, 0.15) is 11.3 Å². The van der Waals surface area contributed by atoms with Gasteiger partial charge in [0.1, 0.15) is 5.78 Å². The molecule has 3 aromatic rings. The first-order valence-corrected chi connectivity index (χ1v) is 9.60. The molecule has 0 spiro atoms. The Bertz CT molecular complexity index is 971. The van der Waals surface area contributed by atoms with Gasteiger partial charge in [-0.1, -0.05) is 36.4 Å². The molecule has 2 aromatic carbocycles. The minimum atomic E-state index is -3.62. The molecule has 5 nitrogen and oxygen atoms in total. The molecule has 1 aromatic heterocycles. The number of carbonyl (C=O) groups excluding carboxylic acids is 1. The lowest BCUT2D eigenvalue weighted by Gasteiger charge is -2.09. The number of hydrogen-bond donors (Lipinski definition) is 1. The summed E-state index contributed by atoms with van der Waals surface area (Å²) in [5.74, 6) is 0.0568. The van der Waals surface area contributed by atoms with Gasteiger partial charge in [0, 0.05) is 30.4 Å². The lowest BCUT2D eigenvalue weighted by atomic mass is 10.1. The SMILES string of the molecule is O=C(Cc1ccc(NS(=O)(=O)c2ccccc2)cc1)Cc1ccccn1. The van der Waals surface area contributed by atoms with E-state index in [4.69, 9.17) is 0 Å². The summed E-state index contributed by atoms with van der Waals surface area (Å²) < 4.78 is 27.1. The third-order valence-corrected chi connectivity index (χ3v) is 5.16. The summed E-state index contributed by atoms with van der Waals surface area (Å²) in [7, 11) is -3.62. The summed E-state index contributed by atoms with van der Waals surface area (Å²) in [6.45, 7) is 0. The van der Waals surface area contributed by atoms with Gasteiger partial charge < -0.3 is 0 Å². The molecule has 0 unspecified atom stereocenters. The summed E-state index contributed by atoms with van der Waals surface area (Å²) in [6.07, 6.45) is 2.22. The van der Waals surface area contributed by atoms with Crippen LogP contribution < -0.4 is 4.72 Å². The fourth-order valence-corrected chi connectivity index (χ4v) is 3.58. The lowest BCUT2D eigenvalue weighted by Crippen LogP contribution is -2.13. The van der Waals surface area contributed by atoms with Gasteiger partial charge in [-0.25, -0.2) is 8.42 Å². The van der Waals surface area contributed by atoms with Crippen molar-refractivity contribution in [2.75, 3.05) is 4.72 Å². The first-order valence-electron chi connectivity index (χ1n) is 8.11. The van der Waals surface area contributed by atoms with Crippen molar-refractivity contribution >= 4 is 21.5 Å². The molecule has 0 atom stereocenters. The van der Waals surface area contributed by atoms with Gasteiger partial charge in [0.15, 0.2) is 0 Å². The standard InChI is InChI=1S/C20H18N2O3S/c23-19(15-18-6-4-5-13-21-18)14-16-9-11-17(12-10-16)22-26(24,25)20-7-2-1-3-8-20/h1-13,22H,14-15H2. The highest BCUT2D eigenvalue weighted by molar-refractivity contribution is 7.92. The maximum Gasteiger partial charge on any atom is 0.261 e. The van der Waals surface area contributed by atoms with E-state index in [1.165, 1.54) is 12.1 Å². The first kappa shape index (κ1) is 17.8. The maximum absolute atomic E-state index is 12.3. The molecule has 0 fully saturated rings. The lowest BCUT2D eigenvalue weighted by molar-refractivity contribution is -0.117. The van der Waals surface area contributed by atoms with Crippen LogP contribution in [0.5, 0.6) is 0 Å². The van der Waals surface area contributed by atoms with Gasteiger partial charge in [-0.3, -0.25) is 14.5 Å². The third kappa shape index (κ3) is 4.77. The molecule has 0 aliphatic carbocycles. The largest absolute Gasteiger partial charge is 0.299 e. The molecule has 0 aliphatic heterocycles. The Kier molecular flexibility index (Phi) is 5.43. The van der Waals surface area contributed by atoms with Crippen LogP contribution in [0.2, 0.25) is 0 Å². The van der Waals surface area contributed by atoms with Crippen LogP contribution >= 0.6 is 0 Å². The smallest absolute Gasteiger partial charge is 0.261 e. The molecule has 0 saturated carbocycles. The Balaban J connectivity index is 1.62. The monoisotopic (exact) mass is 366 g/mol. The van der Waals surface area contributed by atoms with Gasteiger partial charge in [0.05, 0.1) is 4.90 Å². The minimum absolute atomic E-state index is 0.0568. The van der Waals surface area contributed by atoms with Gasteiger partial charge in [-0.15, -0.1) is 0 Å². The van der Waals surface area contributed by atoms with Crippen LogP contribution in [0, 0.1) is 0 Å². The Morgan fingerprint density at radius 2 is 1.54 bits per heavy atom. The van der Waals surface area contributed by atoms with Crippen molar-refractivity contribution in [3.05, 3.63) is 90.3 Å². The van der Waals surface area contributed by atoms with Crippen LogP contribution in [0.25, 0.3) is 0 Å². The highest BCUT2D eigenvalue weighted by atomic mass is 32.2. The summed E-state index contributed by atoms with van der Waals surface area (Å²) in [4.78, 5) is 16.5. The summed E-state index contributed by atoms with van der Waals surface area (Å²) in [5.41, 5.74) is 2.02. The molecule has 132 valence electrons. The number of nitrogens with zero attached hydrogens (tertiary/aromatic N) is 1. The van der Waals surface area contributed by atoms with Crippen molar-refractivity contribution in [2.24, 2.45) is 0 Å². The summed E-state index contributed by atoms with van der Waals surface area (Å²) >= 11 is 0. The van der Waals surface area contributed by atoms with E-state index in [1.54, 1.807) is 48.7 Å². The Labute approximate surface area is 152 Å². The molecule has 0 radical (unpaired) electrons. The van der Waals surface area contributed by atoms with Crippen LogP contribution in [0.4, 0.5) is 5.69 Å². The van der Waals surface area contributed by atoms with Gasteiger partial charge >= 0.3 is 0 Å². The quantitative estimate of drug-likeness (QED) is 0.696. The second-order valence-corrected chi connectivity index (χ2v) is 7.51. The molecular weight excluding hydrogens is 348 g/mol. The number of anilines is 1. The Hall–Kier alpha value is -2.99. The van der Waals surface area contributed by atoms with Gasteiger partial charge in [-0.05, 0) is 42.0 Å². The summed E-state index contributed by atoms with van der Waals surface area (Å²) in [6, 6.07) is 20.5. The van der Waals surface area contributed by atoms with Gasteiger partial charge in [0.25, 0.3) is 10.0 Å². The van der Waals surface area contributed by atoms with E-state index in [0.717, 1.165) is 11.3 Å². The minimum Gasteiger partial charge on any atom is -0.299 e. The zero-order valence-electron chi connectivity index (χ0n) is 14.0. The van der Waals surface area contributed by atoms with Gasteiger partial charge in [-0.2, -0.15) is 0 Å². The number of rotatable bonds is 7. The van der Waals surface area contributed by atoms with Gasteiger partial charge in [0.2, 0.25) is 0 Å². The molecule has 26 heavy (non-hydrogen) atoms. The number of benzene rings is 2. The second-order valence-electron chi connectivity index (χ2n) is 5.83. The van der Waals surface area contributed by atoms with E-state index < -0.39 is 10.0 Å². The van der Waals surface area contributed by atoms with E-state index >= 15 is 0 Å². The average Bonchev–Trinajstić information content (AvgIpc) is 2.65. The molecule has 6 heteroatoms. The van der Waals surface area contributed by atoms with E-state index in [1.807, 2.05) is 18.2 Å². The molecule has 0 amide bonds. The fourth-order valence-electron chi connectivity index (χ4n) is 2.50. The number of ketones is 1. The molecule has 0 aliphatic rings. The van der Waals surface area contributed by atoms with Crippen molar-refractivity contribution in [1.82, 2.24) is 4.98 Å².